The molecule has 0 bridgehead atoms. The molecule has 0 aliphatic carbocycles. The van der Waals surface area contributed by atoms with Crippen LogP contribution in [0.1, 0.15) is 41.1 Å². The SMILES string of the molecule is CCOc1ccc(C2c3c(oc4ccc(Cl)cc4c3=O)C(=O)N2CCCN(C)C)cc1OC. The van der Waals surface area contributed by atoms with E-state index in [1.165, 1.54) is 0 Å². The van der Waals surface area contributed by atoms with Crippen LogP contribution in [0.4, 0.5) is 0 Å². The third-order valence-electron chi connectivity index (χ3n) is 5.74. The van der Waals surface area contributed by atoms with Gasteiger partial charge in [0.15, 0.2) is 16.9 Å². The molecule has 1 aliphatic heterocycles. The van der Waals surface area contributed by atoms with Crippen molar-refractivity contribution in [1.29, 1.82) is 0 Å². The highest BCUT2D eigenvalue weighted by atomic mass is 35.5. The lowest BCUT2D eigenvalue weighted by Crippen LogP contribution is -2.32. The molecule has 1 atom stereocenters. The average Bonchev–Trinajstić information content (AvgIpc) is 3.06. The molecule has 1 amide bonds. The third kappa shape index (κ3) is 4.30. The molecule has 2 aromatic carbocycles. The van der Waals surface area contributed by atoms with Crippen molar-refractivity contribution in [3.63, 3.8) is 0 Å². The number of halogens is 1. The molecule has 1 unspecified atom stereocenters. The highest BCUT2D eigenvalue weighted by Crippen LogP contribution is 2.41. The number of amides is 1. The standard InChI is InChI=1S/C25H27ClN2O5/c1-5-32-19-9-7-15(13-20(19)31-4)22-21-23(29)17-14-16(26)8-10-18(17)33-24(21)25(30)28(22)12-6-11-27(2)3/h7-10,13-14,22H,5-6,11-12H2,1-4H3. The molecule has 0 saturated heterocycles. The summed E-state index contributed by atoms with van der Waals surface area (Å²) in [5, 5.41) is 0.785. The second-order valence-electron chi connectivity index (χ2n) is 8.22. The van der Waals surface area contributed by atoms with Crippen molar-refractivity contribution in [1.82, 2.24) is 9.80 Å². The van der Waals surface area contributed by atoms with Crippen LogP contribution in [0.5, 0.6) is 11.5 Å². The first-order valence-corrected chi connectivity index (χ1v) is 11.3. The number of methoxy groups -OCH3 is 1. The Morgan fingerprint density at radius 1 is 1.12 bits per heavy atom. The maximum Gasteiger partial charge on any atom is 0.290 e. The first-order chi connectivity index (χ1) is 15.8. The van der Waals surface area contributed by atoms with E-state index in [1.807, 2.05) is 33.2 Å². The fraction of sp³-hybridized carbons (Fsp3) is 0.360. The fourth-order valence-corrected chi connectivity index (χ4v) is 4.43. The van der Waals surface area contributed by atoms with Gasteiger partial charge in [-0.2, -0.15) is 0 Å². The molecule has 0 radical (unpaired) electrons. The molecule has 0 fully saturated rings. The van der Waals surface area contributed by atoms with Gasteiger partial charge in [-0.15, -0.1) is 0 Å². The largest absolute Gasteiger partial charge is 0.493 e. The van der Waals surface area contributed by atoms with Gasteiger partial charge in [0.2, 0.25) is 5.76 Å². The van der Waals surface area contributed by atoms with Crippen LogP contribution >= 0.6 is 11.6 Å². The van der Waals surface area contributed by atoms with E-state index >= 15 is 0 Å². The Bertz CT molecular complexity index is 1250. The molecule has 0 spiro atoms. The summed E-state index contributed by atoms with van der Waals surface area (Å²) in [4.78, 5) is 30.8. The second kappa shape index (κ2) is 9.45. The van der Waals surface area contributed by atoms with E-state index in [0.717, 1.165) is 18.5 Å². The van der Waals surface area contributed by atoms with Crippen molar-refractivity contribution >= 4 is 28.5 Å². The zero-order valence-corrected chi connectivity index (χ0v) is 19.9. The number of hydrogen-bond donors (Lipinski definition) is 0. The summed E-state index contributed by atoms with van der Waals surface area (Å²) in [5.41, 5.74) is 1.16. The van der Waals surface area contributed by atoms with Gasteiger partial charge >= 0.3 is 0 Å². The van der Waals surface area contributed by atoms with Crippen molar-refractivity contribution in [2.24, 2.45) is 0 Å². The number of fused-ring (bicyclic) bond motifs is 2. The monoisotopic (exact) mass is 470 g/mol. The van der Waals surface area contributed by atoms with Crippen molar-refractivity contribution in [2.75, 3.05) is 40.9 Å². The van der Waals surface area contributed by atoms with Crippen molar-refractivity contribution in [3.8, 4) is 11.5 Å². The van der Waals surface area contributed by atoms with Crippen LogP contribution < -0.4 is 14.9 Å². The molecular formula is C25H27ClN2O5. The van der Waals surface area contributed by atoms with Gasteiger partial charge in [-0.3, -0.25) is 9.59 Å². The van der Waals surface area contributed by atoms with E-state index in [2.05, 4.69) is 4.90 Å². The van der Waals surface area contributed by atoms with Crippen LogP contribution in [0.25, 0.3) is 11.0 Å². The van der Waals surface area contributed by atoms with E-state index in [0.29, 0.717) is 46.2 Å². The van der Waals surface area contributed by atoms with E-state index in [9.17, 15) is 9.59 Å². The summed E-state index contributed by atoms with van der Waals surface area (Å²) in [7, 11) is 5.53. The van der Waals surface area contributed by atoms with Gasteiger partial charge in [0.05, 0.1) is 30.7 Å². The maximum absolute atomic E-state index is 13.6. The minimum absolute atomic E-state index is 0.0810. The second-order valence-corrected chi connectivity index (χ2v) is 8.65. The van der Waals surface area contributed by atoms with E-state index < -0.39 is 6.04 Å². The van der Waals surface area contributed by atoms with Gasteiger partial charge in [0.25, 0.3) is 5.91 Å². The Morgan fingerprint density at radius 3 is 2.61 bits per heavy atom. The van der Waals surface area contributed by atoms with Crippen LogP contribution in [-0.2, 0) is 0 Å². The van der Waals surface area contributed by atoms with Crippen molar-refractivity contribution in [2.45, 2.75) is 19.4 Å². The number of rotatable bonds is 8. The van der Waals surface area contributed by atoms with Crippen LogP contribution in [0.3, 0.4) is 0 Å². The normalized spacial score (nSPS) is 15.4. The summed E-state index contributed by atoms with van der Waals surface area (Å²) in [6.45, 7) is 3.66. The summed E-state index contributed by atoms with van der Waals surface area (Å²) in [5.74, 6) is 0.926. The summed E-state index contributed by atoms with van der Waals surface area (Å²) in [6.07, 6.45) is 0.747. The highest BCUT2D eigenvalue weighted by Gasteiger charge is 2.42. The zero-order chi connectivity index (χ0) is 23.7. The topological polar surface area (TPSA) is 72.2 Å². The molecule has 0 N–H and O–H groups in total. The molecule has 8 heteroatoms. The Morgan fingerprint density at radius 2 is 1.91 bits per heavy atom. The van der Waals surface area contributed by atoms with E-state index in [1.54, 1.807) is 36.3 Å². The molecule has 1 aromatic heterocycles. The summed E-state index contributed by atoms with van der Waals surface area (Å²) in [6, 6.07) is 9.73. The molecule has 33 heavy (non-hydrogen) atoms. The first-order valence-electron chi connectivity index (χ1n) is 10.9. The third-order valence-corrected chi connectivity index (χ3v) is 5.97. The number of hydrogen-bond acceptors (Lipinski definition) is 6. The Balaban J connectivity index is 1.88. The number of carbonyl (C=O) groups is 1. The van der Waals surface area contributed by atoms with Crippen LogP contribution in [0, 0.1) is 0 Å². The zero-order valence-electron chi connectivity index (χ0n) is 19.2. The first kappa shape index (κ1) is 23.1. The molecule has 3 aromatic rings. The average molecular weight is 471 g/mol. The fourth-order valence-electron chi connectivity index (χ4n) is 4.26. The predicted molar refractivity (Wildman–Crippen MR) is 128 cm³/mol. The minimum Gasteiger partial charge on any atom is -0.493 e. The van der Waals surface area contributed by atoms with Crippen LogP contribution in [-0.4, -0.2) is 56.6 Å². The van der Waals surface area contributed by atoms with Crippen molar-refractivity contribution < 1.29 is 18.7 Å². The maximum atomic E-state index is 13.6. The lowest BCUT2D eigenvalue weighted by Gasteiger charge is -2.26. The smallest absolute Gasteiger partial charge is 0.290 e. The molecule has 7 nitrogen and oxygen atoms in total. The Kier molecular flexibility index (Phi) is 6.63. The Hall–Kier alpha value is -3.03. The van der Waals surface area contributed by atoms with E-state index in [4.69, 9.17) is 25.5 Å². The molecule has 0 saturated carbocycles. The molecule has 174 valence electrons. The quantitative estimate of drug-likeness (QED) is 0.487. The molecular weight excluding hydrogens is 444 g/mol. The van der Waals surface area contributed by atoms with E-state index in [-0.39, 0.29) is 17.1 Å². The number of nitrogens with zero attached hydrogens (tertiary/aromatic N) is 2. The van der Waals surface area contributed by atoms with Crippen molar-refractivity contribution in [3.05, 3.63) is 68.5 Å². The van der Waals surface area contributed by atoms with Gasteiger partial charge in [-0.1, -0.05) is 17.7 Å². The summed E-state index contributed by atoms with van der Waals surface area (Å²) >= 11 is 6.14. The van der Waals surface area contributed by atoms with Gasteiger partial charge < -0.3 is 23.7 Å². The molecule has 1 aliphatic rings. The van der Waals surface area contributed by atoms with Crippen LogP contribution in [0.2, 0.25) is 5.02 Å². The highest BCUT2D eigenvalue weighted by molar-refractivity contribution is 6.31. The van der Waals surface area contributed by atoms with Gasteiger partial charge in [0.1, 0.15) is 5.58 Å². The van der Waals surface area contributed by atoms with Gasteiger partial charge in [0, 0.05) is 11.6 Å². The lowest BCUT2D eigenvalue weighted by molar-refractivity contribution is 0.0722. The molecule has 2 heterocycles. The predicted octanol–water partition coefficient (Wildman–Crippen LogP) is 4.35. The minimum atomic E-state index is -0.598. The molecule has 4 rings (SSSR count). The Labute approximate surface area is 197 Å². The number of carbonyl (C=O) groups excluding carboxylic acids is 1. The number of ether oxygens (including phenoxy) is 2. The van der Waals surface area contributed by atoms with Gasteiger partial charge in [-0.25, -0.2) is 0 Å². The van der Waals surface area contributed by atoms with Gasteiger partial charge in [-0.05, 0) is 69.9 Å². The van der Waals surface area contributed by atoms with Crippen LogP contribution in [0.15, 0.2) is 45.6 Å². The number of benzene rings is 2. The lowest BCUT2D eigenvalue weighted by atomic mass is 9.98. The summed E-state index contributed by atoms with van der Waals surface area (Å²) < 4.78 is 17.1.